The molecule has 0 aliphatic rings. The molecule has 0 spiro atoms. The van der Waals surface area contributed by atoms with Crippen molar-refractivity contribution in [1.82, 2.24) is 9.55 Å². The molecule has 0 aliphatic carbocycles. The Hall–Kier alpha value is -3.50. The second kappa shape index (κ2) is 7.86. The summed E-state index contributed by atoms with van der Waals surface area (Å²) in [6.07, 6.45) is 1.38. The summed E-state index contributed by atoms with van der Waals surface area (Å²) in [6.45, 7) is -0.186. The van der Waals surface area contributed by atoms with Crippen LogP contribution >= 0.6 is 22.7 Å². The Bertz CT molecular complexity index is 1260. The number of nitrogens with two attached hydrogens (primary N) is 1. The lowest BCUT2D eigenvalue weighted by atomic mass is 10.2. The fraction of sp³-hybridized carbons (Fsp3) is 0.0526. The maximum absolute atomic E-state index is 13.0. The van der Waals surface area contributed by atoms with E-state index in [0.717, 1.165) is 10.4 Å². The van der Waals surface area contributed by atoms with Gasteiger partial charge in [0.15, 0.2) is 0 Å². The molecular formula is C19H15N5O3S2. The van der Waals surface area contributed by atoms with Gasteiger partial charge in [0.2, 0.25) is 5.91 Å². The van der Waals surface area contributed by atoms with Crippen LogP contribution in [0.2, 0.25) is 0 Å². The topological polar surface area (TPSA) is 119 Å². The first-order valence-electron chi connectivity index (χ1n) is 8.48. The molecule has 1 aromatic carbocycles. The SMILES string of the molecule is NC(=O)Nc1cccc(NC(=O)Cn2cnc3scc(-c4cccs4)c3c2=O)c1. The van der Waals surface area contributed by atoms with Crippen LogP contribution in [-0.4, -0.2) is 21.5 Å². The molecule has 0 atom stereocenters. The first-order chi connectivity index (χ1) is 14.0. The summed E-state index contributed by atoms with van der Waals surface area (Å²) in [7, 11) is 0. The summed E-state index contributed by atoms with van der Waals surface area (Å²) >= 11 is 2.94. The number of hydrogen-bond donors (Lipinski definition) is 3. The first kappa shape index (κ1) is 18.8. The highest BCUT2D eigenvalue weighted by atomic mass is 32.1. The fourth-order valence-electron chi connectivity index (χ4n) is 2.87. The number of carbonyl (C=O) groups is 2. The van der Waals surface area contributed by atoms with E-state index in [0.29, 0.717) is 21.6 Å². The van der Waals surface area contributed by atoms with Gasteiger partial charge in [-0.1, -0.05) is 12.1 Å². The molecule has 0 radical (unpaired) electrons. The molecule has 0 fully saturated rings. The van der Waals surface area contributed by atoms with Gasteiger partial charge in [-0.2, -0.15) is 0 Å². The average molecular weight is 425 g/mol. The lowest BCUT2D eigenvalue weighted by molar-refractivity contribution is -0.116. The second-order valence-corrected chi connectivity index (χ2v) is 7.91. The van der Waals surface area contributed by atoms with E-state index in [-0.39, 0.29) is 12.1 Å². The smallest absolute Gasteiger partial charge is 0.316 e. The molecular weight excluding hydrogens is 410 g/mol. The predicted molar refractivity (Wildman–Crippen MR) is 115 cm³/mol. The molecule has 0 saturated heterocycles. The summed E-state index contributed by atoms with van der Waals surface area (Å²) in [6, 6.07) is 9.72. The van der Waals surface area contributed by atoms with Crippen molar-refractivity contribution in [2.75, 3.05) is 10.6 Å². The maximum Gasteiger partial charge on any atom is 0.316 e. The van der Waals surface area contributed by atoms with Crippen LogP contribution in [0.3, 0.4) is 0 Å². The van der Waals surface area contributed by atoms with Gasteiger partial charge in [-0.15, -0.1) is 22.7 Å². The summed E-state index contributed by atoms with van der Waals surface area (Å²) in [5, 5.41) is 9.51. The molecule has 3 heterocycles. The molecule has 3 aromatic heterocycles. The highest BCUT2D eigenvalue weighted by Crippen LogP contribution is 2.33. The van der Waals surface area contributed by atoms with Gasteiger partial charge >= 0.3 is 6.03 Å². The number of anilines is 2. The van der Waals surface area contributed by atoms with Gasteiger partial charge in [-0.05, 0) is 29.6 Å². The minimum absolute atomic E-state index is 0.186. The average Bonchev–Trinajstić information content (AvgIpc) is 3.33. The fourth-order valence-corrected chi connectivity index (χ4v) is 4.59. The molecule has 4 rings (SSSR count). The molecule has 3 amide bonds. The third-order valence-corrected chi connectivity index (χ3v) is 5.86. The Labute approximate surface area is 172 Å². The van der Waals surface area contributed by atoms with Gasteiger partial charge < -0.3 is 16.4 Å². The first-order valence-corrected chi connectivity index (χ1v) is 10.2. The van der Waals surface area contributed by atoms with Gasteiger partial charge in [0.05, 0.1) is 11.7 Å². The third-order valence-electron chi connectivity index (χ3n) is 4.08. The molecule has 0 aliphatic heterocycles. The van der Waals surface area contributed by atoms with Gasteiger partial charge in [0.25, 0.3) is 5.56 Å². The predicted octanol–water partition coefficient (Wildman–Crippen LogP) is 3.32. The van der Waals surface area contributed by atoms with E-state index in [1.807, 2.05) is 22.9 Å². The Kier molecular flexibility index (Phi) is 5.10. The number of hydrogen-bond acceptors (Lipinski definition) is 6. The molecule has 146 valence electrons. The van der Waals surface area contributed by atoms with Crippen molar-refractivity contribution < 1.29 is 9.59 Å². The summed E-state index contributed by atoms with van der Waals surface area (Å²) < 4.78 is 1.28. The molecule has 29 heavy (non-hydrogen) atoms. The van der Waals surface area contributed by atoms with Gasteiger partial charge in [-0.3, -0.25) is 14.2 Å². The van der Waals surface area contributed by atoms with Crippen LogP contribution in [0.4, 0.5) is 16.2 Å². The number of urea groups is 1. The molecule has 10 heteroatoms. The number of benzene rings is 1. The van der Waals surface area contributed by atoms with Crippen molar-refractivity contribution in [2.24, 2.45) is 5.73 Å². The molecule has 4 aromatic rings. The molecule has 0 bridgehead atoms. The van der Waals surface area contributed by atoms with E-state index in [4.69, 9.17) is 5.73 Å². The Balaban J connectivity index is 1.57. The van der Waals surface area contributed by atoms with E-state index in [9.17, 15) is 14.4 Å². The number of fused-ring (bicyclic) bond motifs is 1. The molecule has 4 N–H and O–H groups in total. The standard InChI is InChI=1S/C19H15N5O3S2/c20-19(27)23-12-4-1-3-11(7-12)22-15(25)8-24-10-21-17-16(18(24)26)13(9-29-17)14-5-2-6-28-14/h1-7,9-10H,8H2,(H,22,25)(H3,20,23,27). The minimum Gasteiger partial charge on any atom is -0.351 e. The highest BCUT2D eigenvalue weighted by molar-refractivity contribution is 7.18. The summed E-state index contributed by atoms with van der Waals surface area (Å²) in [4.78, 5) is 42.3. The zero-order valence-corrected chi connectivity index (χ0v) is 16.5. The van der Waals surface area contributed by atoms with Crippen LogP contribution in [0.25, 0.3) is 20.7 Å². The van der Waals surface area contributed by atoms with Crippen molar-refractivity contribution in [3.63, 3.8) is 0 Å². The quantitative estimate of drug-likeness (QED) is 0.454. The third kappa shape index (κ3) is 4.03. The van der Waals surface area contributed by atoms with Crippen molar-refractivity contribution >= 4 is 56.2 Å². The van der Waals surface area contributed by atoms with Crippen molar-refractivity contribution in [2.45, 2.75) is 6.54 Å². The number of primary amides is 1. The Morgan fingerprint density at radius 3 is 2.62 bits per heavy atom. The minimum atomic E-state index is -0.697. The highest BCUT2D eigenvalue weighted by Gasteiger charge is 2.15. The molecule has 8 nitrogen and oxygen atoms in total. The number of rotatable bonds is 5. The van der Waals surface area contributed by atoms with Crippen LogP contribution in [-0.2, 0) is 11.3 Å². The number of thiophene rings is 2. The Morgan fingerprint density at radius 2 is 1.90 bits per heavy atom. The second-order valence-electron chi connectivity index (χ2n) is 6.10. The number of carbonyl (C=O) groups excluding carboxylic acids is 2. The van der Waals surface area contributed by atoms with Crippen molar-refractivity contribution in [3.05, 3.63) is 63.8 Å². The Morgan fingerprint density at radius 1 is 1.10 bits per heavy atom. The number of nitrogens with zero attached hydrogens (tertiary/aromatic N) is 2. The zero-order valence-electron chi connectivity index (χ0n) is 14.9. The van der Waals surface area contributed by atoms with E-state index >= 15 is 0 Å². The van der Waals surface area contributed by atoms with Crippen LogP contribution in [0.15, 0.2) is 58.3 Å². The van der Waals surface area contributed by atoms with E-state index in [1.54, 1.807) is 35.6 Å². The van der Waals surface area contributed by atoms with E-state index in [1.165, 1.54) is 22.2 Å². The lowest BCUT2D eigenvalue weighted by Gasteiger charge is -2.09. The number of amides is 3. The lowest BCUT2D eigenvalue weighted by Crippen LogP contribution is -2.27. The largest absolute Gasteiger partial charge is 0.351 e. The number of nitrogens with one attached hydrogen (secondary N) is 2. The summed E-state index contributed by atoms with van der Waals surface area (Å²) in [5.74, 6) is -0.391. The van der Waals surface area contributed by atoms with Gasteiger partial charge in [0.1, 0.15) is 11.4 Å². The van der Waals surface area contributed by atoms with Crippen molar-refractivity contribution in [3.8, 4) is 10.4 Å². The molecule has 0 saturated carbocycles. The molecule has 0 unspecified atom stereocenters. The monoisotopic (exact) mass is 425 g/mol. The van der Waals surface area contributed by atoms with E-state index in [2.05, 4.69) is 15.6 Å². The van der Waals surface area contributed by atoms with Crippen LogP contribution in [0.1, 0.15) is 0 Å². The summed E-state index contributed by atoms with van der Waals surface area (Å²) in [5.41, 5.74) is 6.59. The van der Waals surface area contributed by atoms with Crippen molar-refractivity contribution in [1.29, 1.82) is 0 Å². The van der Waals surface area contributed by atoms with Gasteiger partial charge in [-0.25, -0.2) is 9.78 Å². The number of aromatic nitrogens is 2. The van der Waals surface area contributed by atoms with Gasteiger partial charge in [0, 0.05) is 27.2 Å². The normalized spacial score (nSPS) is 10.8. The maximum atomic E-state index is 13.0. The van der Waals surface area contributed by atoms with Crippen LogP contribution in [0.5, 0.6) is 0 Å². The van der Waals surface area contributed by atoms with Crippen LogP contribution in [0, 0.1) is 0 Å². The van der Waals surface area contributed by atoms with E-state index < -0.39 is 11.9 Å². The van der Waals surface area contributed by atoms with Crippen LogP contribution < -0.4 is 21.9 Å². The zero-order chi connectivity index (χ0) is 20.4.